The van der Waals surface area contributed by atoms with Crippen molar-refractivity contribution in [2.75, 3.05) is 37.6 Å². The highest BCUT2D eigenvalue weighted by atomic mass is 32.1. The maximum absolute atomic E-state index is 9.71. The lowest BCUT2D eigenvalue weighted by Crippen LogP contribution is -2.47. The van der Waals surface area contributed by atoms with Crippen molar-refractivity contribution in [3.8, 4) is 0 Å². The first-order valence-electron chi connectivity index (χ1n) is 7.26. The fraction of sp³-hybridized carbons (Fsp3) is 0.786. The number of piperazine rings is 1. The van der Waals surface area contributed by atoms with Gasteiger partial charge in [-0.25, -0.2) is 4.98 Å². The van der Waals surface area contributed by atoms with Crippen molar-refractivity contribution in [3.05, 3.63) is 10.6 Å². The number of aliphatic hydroxyl groups is 1. The summed E-state index contributed by atoms with van der Waals surface area (Å²) >= 11 is 1.65. The van der Waals surface area contributed by atoms with E-state index in [1.165, 1.54) is 19.4 Å². The van der Waals surface area contributed by atoms with Gasteiger partial charge in [-0.3, -0.25) is 4.90 Å². The topological polar surface area (TPSA) is 39.6 Å². The van der Waals surface area contributed by atoms with Crippen LogP contribution in [0.5, 0.6) is 0 Å². The van der Waals surface area contributed by atoms with Gasteiger partial charge >= 0.3 is 0 Å². The fourth-order valence-electron chi connectivity index (χ4n) is 2.70. The summed E-state index contributed by atoms with van der Waals surface area (Å²) in [5.41, 5.74) is 0.982. The van der Waals surface area contributed by atoms with Gasteiger partial charge in [-0.2, -0.15) is 0 Å². The number of aryl methyl sites for hydroxylation is 1. The van der Waals surface area contributed by atoms with Gasteiger partial charge in [0.1, 0.15) is 0 Å². The standard InChI is InChI=1S/C14H23N3OS/c1-10-13(11(2)18)19-14(15-10)17-7-5-16(6-8-17)9-12-3-4-12/h11-12,18H,3-9H2,1-2H3. The molecule has 5 heteroatoms. The Labute approximate surface area is 119 Å². The van der Waals surface area contributed by atoms with Crippen LogP contribution in [-0.2, 0) is 0 Å². The molecule has 0 aromatic carbocycles. The monoisotopic (exact) mass is 281 g/mol. The number of anilines is 1. The van der Waals surface area contributed by atoms with Crippen LogP contribution in [-0.4, -0.2) is 47.7 Å². The van der Waals surface area contributed by atoms with Crippen LogP contribution in [0.2, 0.25) is 0 Å². The van der Waals surface area contributed by atoms with E-state index in [1.54, 1.807) is 11.3 Å². The Hall–Kier alpha value is -0.650. The second-order valence-electron chi connectivity index (χ2n) is 5.85. The van der Waals surface area contributed by atoms with E-state index in [2.05, 4.69) is 14.8 Å². The zero-order valence-corrected chi connectivity index (χ0v) is 12.6. The summed E-state index contributed by atoms with van der Waals surface area (Å²) in [5.74, 6) is 0.982. The maximum Gasteiger partial charge on any atom is 0.185 e. The quantitative estimate of drug-likeness (QED) is 0.917. The molecule has 0 radical (unpaired) electrons. The van der Waals surface area contributed by atoms with Gasteiger partial charge in [0.05, 0.1) is 16.7 Å². The fourth-order valence-corrected chi connectivity index (χ4v) is 3.76. The predicted octanol–water partition coefficient (Wildman–Crippen LogP) is 2.04. The molecule has 106 valence electrons. The van der Waals surface area contributed by atoms with E-state index in [-0.39, 0.29) is 0 Å². The van der Waals surface area contributed by atoms with Crippen LogP contribution in [0.15, 0.2) is 0 Å². The summed E-state index contributed by atoms with van der Waals surface area (Å²) in [6, 6.07) is 0. The zero-order chi connectivity index (χ0) is 13.4. The van der Waals surface area contributed by atoms with Gasteiger partial charge in [-0.05, 0) is 32.6 Å². The Morgan fingerprint density at radius 1 is 1.32 bits per heavy atom. The second kappa shape index (κ2) is 5.38. The summed E-state index contributed by atoms with van der Waals surface area (Å²) in [6.45, 7) is 9.54. The molecule has 0 amide bonds. The summed E-state index contributed by atoms with van der Waals surface area (Å²) in [5, 5.41) is 10.8. The number of hydrogen-bond donors (Lipinski definition) is 1. The molecule has 1 atom stereocenters. The molecule has 2 fully saturated rings. The maximum atomic E-state index is 9.71. The SMILES string of the molecule is Cc1nc(N2CCN(CC3CC3)CC2)sc1C(C)O. The smallest absolute Gasteiger partial charge is 0.185 e. The Morgan fingerprint density at radius 2 is 2.00 bits per heavy atom. The van der Waals surface area contributed by atoms with Crippen LogP contribution >= 0.6 is 11.3 Å². The van der Waals surface area contributed by atoms with Crippen molar-refractivity contribution in [1.29, 1.82) is 0 Å². The second-order valence-corrected chi connectivity index (χ2v) is 6.86. The number of aliphatic hydroxyl groups excluding tert-OH is 1. The summed E-state index contributed by atoms with van der Waals surface area (Å²) in [7, 11) is 0. The highest BCUT2D eigenvalue weighted by molar-refractivity contribution is 7.15. The molecule has 1 aromatic rings. The highest BCUT2D eigenvalue weighted by Gasteiger charge is 2.27. The molecule has 3 rings (SSSR count). The third-order valence-corrected chi connectivity index (χ3v) is 5.45. The summed E-state index contributed by atoms with van der Waals surface area (Å²) in [6.07, 6.45) is 2.47. The first-order valence-corrected chi connectivity index (χ1v) is 8.08. The number of nitrogens with zero attached hydrogens (tertiary/aromatic N) is 3. The molecular weight excluding hydrogens is 258 g/mol. The van der Waals surface area contributed by atoms with Crippen LogP contribution in [0.3, 0.4) is 0 Å². The van der Waals surface area contributed by atoms with Crippen LogP contribution in [0.1, 0.15) is 36.4 Å². The van der Waals surface area contributed by atoms with Crippen molar-refractivity contribution in [1.82, 2.24) is 9.88 Å². The Kier molecular flexibility index (Phi) is 3.78. The summed E-state index contributed by atoms with van der Waals surface area (Å²) in [4.78, 5) is 10.6. The van der Waals surface area contributed by atoms with Gasteiger partial charge in [0, 0.05) is 32.7 Å². The predicted molar refractivity (Wildman–Crippen MR) is 78.9 cm³/mol. The normalized spacial score (nSPS) is 22.8. The van der Waals surface area contributed by atoms with E-state index >= 15 is 0 Å². The largest absolute Gasteiger partial charge is 0.388 e. The molecule has 0 spiro atoms. The zero-order valence-electron chi connectivity index (χ0n) is 11.8. The van der Waals surface area contributed by atoms with E-state index in [0.717, 1.165) is 47.8 Å². The van der Waals surface area contributed by atoms with Crippen molar-refractivity contribution in [2.24, 2.45) is 5.92 Å². The lowest BCUT2D eigenvalue weighted by atomic mass is 10.3. The van der Waals surface area contributed by atoms with Crippen LogP contribution < -0.4 is 4.90 Å². The third kappa shape index (κ3) is 3.09. The van der Waals surface area contributed by atoms with E-state index in [1.807, 2.05) is 13.8 Å². The van der Waals surface area contributed by atoms with Gasteiger partial charge in [0.2, 0.25) is 0 Å². The van der Waals surface area contributed by atoms with Gasteiger partial charge in [-0.15, -0.1) is 0 Å². The molecule has 1 aliphatic heterocycles. The average Bonchev–Trinajstić information content (AvgIpc) is 3.10. The molecule has 1 aliphatic carbocycles. The average molecular weight is 281 g/mol. The molecule has 1 unspecified atom stereocenters. The lowest BCUT2D eigenvalue weighted by Gasteiger charge is -2.34. The van der Waals surface area contributed by atoms with E-state index in [0.29, 0.717) is 0 Å². The number of thiazole rings is 1. The van der Waals surface area contributed by atoms with Gasteiger partial charge in [0.15, 0.2) is 5.13 Å². The van der Waals surface area contributed by atoms with Gasteiger partial charge in [0.25, 0.3) is 0 Å². The molecule has 1 N–H and O–H groups in total. The molecule has 2 aliphatic rings. The van der Waals surface area contributed by atoms with Crippen molar-refractivity contribution >= 4 is 16.5 Å². The number of hydrogen-bond acceptors (Lipinski definition) is 5. The van der Waals surface area contributed by atoms with Crippen molar-refractivity contribution < 1.29 is 5.11 Å². The Bertz CT molecular complexity index is 434. The molecular formula is C14H23N3OS. The summed E-state index contributed by atoms with van der Waals surface area (Å²) < 4.78 is 0. The first-order chi connectivity index (χ1) is 9.13. The molecule has 1 saturated carbocycles. The Morgan fingerprint density at radius 3 is 2.53 bits per heavy atom. The number of aromatic nitrogens is 1. The molecule has 2 heterocycles. The van der Waals surface area contributed by atoms with Crippen molar-refractivity contribution in [2.45, 2.75) is 32.8 Å². The van der Waals surface area contributed by atoms with E-state index in [9.17, 15) is 5.11 Å². The lowest BCUT2D eigenvalue weighted by molar-refractivity contribution is 0.202. The minimum absolute atomic E-state index is 0.401. The molecule has 4 nitrogen and oxygen atoms in total. The van der Waals surface area contributed by atoms with E-state index < -0.39 is 6.10 Å². The van der Waals surface area contributed by atoms with Crippen LogP contribution in [0.25, 0.3) is 0 Å². The Balaban J connectivity index is 1.59. The van der Waals surface area contributed by atoms with Gasteiger partial charge in [-0.1, -0.05) is 11.3 Å². The minimum Gasteiger partial charge on any atom is -0.388 e. The number of rotatable bonds is 4. The van der Waals surface area contributed by atoms with Crippen molar-refractivity contribution in [3.63, 3.8) is 0 Å². The van der Waals surface area contributed by atoms with E-state index in [4.69, 9.17) is 0 Å². The molecule has 1 aromatic heterocycles. The third-order valence-electron chi connectivity index (χ3n) is 4.06. The first kappa shape index (κ1) is 13.3. The molecule has 0 bridgehead atoms. The highest BCUT2D eigenvalue weighted by Crippen LogP contribution is 2.32. The van der Waals surface area contributed by atoms with Gasteiger partial charge < -0.3 is 10.0 Å². The van der Waals surface area contributed by atoms with Crippen LogP contribution in [0.4, 0.5) is 5.13 Å². The van der Waals surface area contributed by atoms with Crippen LogP contribution in [0, 0.1) is 12.8 Å². The minimum atomic E-state index is -0.401. The molecule has 1 saturated heterocycles. The molecule has 19 heavy (non-hydrogen) atoms.